The SMILES string of the molecule is O[B]Oc1ccc2c(c1)C1(C3=CC=C[C+]=C3c3ccccc31)c1ccccc1-2. The van der Waals surface area contributed by atoms with Gasteiger partial charge in [-0.3, -0.25) is 0 Å². The van der Waals surface area contributed by atoms with E-state index < -0.39 is 5.41 Å². The second-order valence-electron chi connectivity index (χ2n) is 7.23. The normalized spacial score (nSPS) is 19.8. The van der Waals surface area contributed by atoms with E-state index in [-0.39, 0.29) is 0 Å². The van der Waals surface area contributed by atoms with E-state index in [2.05, 4.69) is 78.9 Å². The average molecular weight is 358 g/mol. The molecule has 0 aliphatic heterocycles. The van der Waals surface area contributed by atoms with Crippen LogP contribution in [0.25, 0.3) is 16.7 Å². The molecule has 0 bridgehead atoms. The highest BCUT2D eigenvalue weighted by Crippen LogP contribution is 2.64. The molecule has 0 saturated carbocycles. The summed E-state index contributed by atoms with van der Waals surface area (Å²) < 4.78 is 5.33. The molecule has 0 saturated heterocycles. The maximum absolute atomic E-state index is 9.16. The van der Waals surface area contributed by atoms with Gasteiger partial charge in [-0.25, -0.2) is 0 Å². The quantitative estimate of drug-likeness (QED) is 0.536. The van der Waals surface area contributed by atoms with E-state index >= 15 is 0 Å². The average Bonchev–Trinajstić information content (AvgIpc) is 3.21. The third-order valence-electron chi connectivity index (χ3n) is 6.07. The van der Waals surface area contributed by atoms with Crippen molar-refractivity contribution in [2.24, 2.45) is 0 Å². The summed E-state index contributed by atoms with van der Waals surface area (Å²) in [6.45, 7) is 0. The summed E-state index contributed by atoms with van der Waals surface area (Å²) in [5, 5.41) is 9.16. The minimum atomic E-state index is -0.398. The molecule has 2 nitrogen and oxygen atoms in total. The predicted molar refractivity (Wildman–Crippen MR) is 111 cm³/mol. The zero-order chi connectivity index (χ0) is 18.7. The first kappa shape index (κ1) is 15.7. The van der Waals surface area contributed by atoms with Gasteiger partial charge in [-0.2, -0.15) is 0 Å². The summed E-state index contributed by atoms with van der Waals surface area (Å²) in [6.07, 6.45) is 9.74. The van der Waals surface area contributed by atoms with Crippen LogP contribution in [-0.4, -0.2) is 12.7 Å². The molecular formula is C25H15BO2+. The second kappa shape index (κ2) is 5.56. The van der Waals surface area contributed by atoms with Crippen LogP contribution in [0.5, 0.6) is 5.75 Å². The van der Waals surface area contributed by atoms with Crippen molar-refractivity contribution >= 4 is 13.3 Å². The summed E-state index contributed by atoms with van der Waals surface area (Å²) in [5.41, 5.74) is 9.39. The second-order valence-corrected chi connectivity index (χ2v) is 7.23. The molecule has 6 rings (SSSR count). The van der Waals surface area contributed by atoms with Crippen LogP contribution in [0.1, 0.15) is 22.3 Å². The molecule has 1 N–H and O–H groups in total. The van der Waals surface area contributed by atoms with Gasteiger partial charge in [0.05, 0.1) is 17.2 Å². The Balaban J connectivity index is 1.79. The fourth-order valence-electron chi connectivity index (χ4n) is 5.12. The maximum atomic E-state index is 9.16. The van der Waals surface area contributed by atoms with Crippen molar-refractivity contribution in [1.29, 1.82) is 0 Å². The number of benzene rings is 3. The summed E-state index contributed by atoms with van der Waals surface area (Å²) in [7, 11) is 0.737. The lowest BCUT2D eigenvalue weighted by Gasteiger charge is -2.27. The zero-order valence-corrected chi connectivity index (χ0v) is 15.0. The number of hydrogen-bond acceptors (Lipinski definition) is 2. The lowest BCUT2D eigenvalue weighted by Crippen LogP contribution is -2.26. The van der Waals surface area contributed by atoms with Crippen molar-refractivity contribution < 1.29 is 9.68 Å². The first-order chi connectivity index (χ1) is 13.9. The van der Waals surface area contributed by atoms with Gasteiger partial charge in [0.1, 0.15) is 11.2 Å². The van der Waals surface area contributed by atoms with Crippen LogP contribution in [0.15, 0.2) is 90.5 Å². The van der Waals surface area contributed by atoms with Crippen LogP contribution >= 0.6 is 0 Å². The van der Waals surface area contributed by atoms with Crippen LogP contribution in [0.2, 0.25) is 0 Å². The molecule has 3 aromatic carbocycles. The molecule has 0 amide bonds. The number of rotatable bonds is 2. The largest absolute Gasteiger partial charge is 0.569 e. The molecule has 0 heterocycles. The molecule has 28 heavy (non-hydrogen) atoms. The Morgan fingerprint density at radius 1 is 0.821 bits per heavy atom. The first-order valence-corrected chi connectivity index (χ1v) is 9.33. The highest BCUT2D eigenvalue weighted by Gasteiger charge is 2.58. The molecule has 1 atom stereocenters. The Hall–Kier alpha value is -3.39. The maximum Gasteiger partial charge on any atom is 0.569 e. The summed E-state index contributed by atoms with van der Waals surface area (Å²) in [5.74, 6) is 0.624. The van der Waals surface area contributed by atoms with Crippen LogP contribution in [-0.2, 0) is 5.41 Å². The molecule has 0 fully saturated rings. The molecule has 3 aliphatic carbocycles. The van der Waals surface area contributed by atoms with Crippen molar-refractivity contribution in [3.8, 4) is 16.9 Å². The highest BCUT2D eigenvalue weighted by atomic mass is 16.5. The molecule has 129 valence electrons. The molecule has 1 spiro atoms. The van der Waals surface area contributed by atoms with Gasteiger partial charge in [-0.1, -0.05) is 42.5 Å². The van der Waals surface area contributed by atoms with Gasteiger partial charge < -0.3 is 9.68 Å². The lowest BCUT2D eigenvalue weighted by molar-refractivity contribution is 0.453. The van der Waals surface area contributed by atoms with Crippen molar-refractivity contribution in [2.45, 2.75) is 5.41 Å². The van der Waals surface area contributed by atoms with E-state index in [1.807, 2.05) is 12.1 Å². The van der Waals surface area contributed by atoms with Gasteiger partial charge in [-0.05, 0) is 46.5 Å². The van der Waals surface area contributed by atoms with Crippen LogP contribution in [0.4, 0.5) is 0 Å². The van der Waals surface area contributed by atoms with E-state index in [1.165, 1.54) is 39.0 Å². The van der Waals surface area contributed by atoms with E-state index in [4.69, 9.17) is 9.68 Å². The fourth-order valence-corrected chi connectivity index (χ4v) is 5.12. The van der Waals surface area contributed by atoms with Crippen LogP contribution < -0.4 is 4.65 Å². The fraction of sp³-hybridized carbons (Fsp3) is 0.0400. The van der Waals surface area contributed by atoms with Crippen LogP contribution in [0, 0.1) is 6.08 Å². The standard InChI is InChI=1S/C25H15BO2/c27-26-28-16-13-14-20-19-9-3-6-12-23(19)25(24(20)15-16)21-10-4-1-7-17(21)18-8-2-5-11-22(18)25/h1-7,9-15,27H/q+1. The van der Waals surface area contributed by atoms with E-state index in [0.29, 0.717) is 5.75 Å². The van der Waals surface area contributed by atoms with E-state index in [0.717, 1.165) is 13.3 Å². The number of allylic oxidation sites excluding steroid dienone is 6. The topological polar surface area (TPSA) is 29.5 Å². The first-order valence-electron chi connectivity index (χ1n) is 9.33. The number of fused-ring (bicyclic) bond motifs is 10. The van der Waals surface area contributed by atoms with E-state index in [9.17, 15) is 0 Å². The lowest BCUT2D eigenvalue weighted by atomic mass is 9.70. The Morgan fingerprint density at radius 3 is 2.36 bits per heavy atom. The molecule has 0 aromatic heterocycles. The third kappa shape index (κ3) is 1.75. The summed E-state index contributed by atoms with van der Waals surface area (Å²) >= 11 is 0. The van der Waals surface area contributed by atoms with E-state index in [1.54, 1.807) is 0 Å². The zero-order valence-electron chi connectivity index (χ0n) is 15.0. The number of hydrogen-bond donors (Lipinski definition) is 1. The van der Waals surface area contributed by atoms with Gasteiger partial charge in [0.15, 0.2) is 5.57 Å². The molecule has 3 heteroatoms. The van der Waals surface area contributed by atoms with Crippen molar-refractivity contribution in [3.05, 3.63) is 119 Å². The van der Waals surface area contributed by atoms with Crippen molar-refractivity contribution in [1.82, 2.24) is 0 Å². The Labute approximate surface area is 164 Å². The Morgan fingerprint density at radius 2 is 1.54 bits per heavy atom. The molecular weight excluding hydrogens is 343 g/mol. The van der Waals surface area contributed by atoms with Gasteiger partial charge in [0.2, 0.25) is 0 Å². The smallest absolute Gasteiger partial charge is 0.537 e. The minimum absolute atomic E-state index is 0.398. The van der Waals surface area contributed by atoms with Gasteiger partial charge in [-0.15, -0.1) is 0 Å². The van der Waals surface area contributed by atoms with Crippen molar-refractivity contribution in [2.75, 3.05) is 0 Å². The van der Waals surface area contributed by atoms with Crippen molar-refractivity contribution in [3.63, 3.8) is 0 Å². The highest BCUT2D eigenvalue weighted by molar-refractivity contribution is 6.17. The van der Waals surface area contributed by atoms with Gasteiger partial charge >= 0.3 is 7.69 Å². The Kier molecular flexibility index (Phi) is 3.11. The van der Waals surface area contributed by atoms with Crippen LogP contribution in [0.3, 0.4) is 0 Å². The molecule has 3 aliphatic rings. The third-order valence-corrected chi connectivity index (χ3v) is 6.07. The predicted octanol–water partition coefficient (Wildman–Crippen LogP) is 4.60. The Bertz CT molecular complexity index is 1230. The molecule has 3 aromatic rings. The monoisotopic (exact) mass is 358 g/mol. The molecule has 1 radical (unpaired) electrons. The van der Waals surface area contributed by atoms with Gasteiger partial charge in [0, 0.05) is 23.8 Å². The summed E-state index contributed by atoms with van der Waals surface area (Å²) in [4.78, 5) is 0. The summed E-state index contributed by atoms with van der Waals surface area (Å²) in [6, 6.07) is 23.3. The molecule has 1 unspecified atom stereocenters. The minimum Gasteiger partial charge on any atom is -0.537 e. The van der Waals surface area contributed by atoms with Gasteiger partial charge in [0.25, 0.3) is 0 Å².